The smallest absolute Gasteiger partial charge is 0.191 e. The van der Waals surface area contributed by atoms with Crippen LogP contribution in [0.3, 0.4) is 0 Å². The minimum absolute atomic E-state index is 0.0972. The Hall–Kier alpha value is -1.23. The van der Waals surface area contributed by atoms with Crippen LogP contribution in [-0.4, -0.2) is 36.1 Å². The zero-order valence-electron chi connectivity index (χ0n) is 13.9. The summed E-state index contributed by atoms with van der Waals surface area (Å²) in [5.74, 6) is 2.22. The van der Waals surface area contributed by atoms with Gasteiger partial charge in [0.05, 0.1) is 0 Å². The molecule has 2 aliphatic carbocycles. The minimum atomic E-state index is -0.0972. The summed E-state index contributed by atoms with van der Waals surface area (Å²) in [6, 6.07) is 7.89. The monoisotopic (exact) mass is 335 g/mol. The lowest BCUT2D eigenvalue weighted by atomic mass is 10.1. The molecule has 2 saturated carbocycles. The SMILES string of the molecule is CCSC1CCC(NC(=NC)NC2CC2c2ccccc2F)C1. The quantitative estimate of drug-likeness (QED) is 0.638. The molecular formula is C18H26FN3S. The molecular weight excluding hydrogens is 309 g/mol. The van der Waals surface area contributed by atoms with Crippen LogP contribution < -0.4 is 10.6 Å². The second kappa shape index (κ2) is 7.56. The van der Waals surface area contributed by atoms with Gasteiger partial charge < -0.3 is 10.6 Å². The van der Waals surface area contributed by atoms with Gasteiger partial charge in [0.2, 0.25) is 0 Å². The van der Waals surface area contributed by atoms with Gasteiger partial charge in [0.25, 0.3) is 0 Å². The van der Waals surface area contributed by atoms with Gasteiger partial charge in [0.15, 0.2) is 5.96 Å². The van der Waals surface area contributed by atoms with E-state index in [9.17, 15) is 4.39 Å². The molecule has 126 valence electrons. The average molecular weight is 335 g/mol. The van der Waals surface area contributed by atoms with Crippen molar-refractivity contribution in [3.63, 3.8) is 0 Å². The third-order valence-corrected chi connectivity index (χ3v) is 6.00. The summed E-state index contributed by atoms with van der Waals surface area (Å²) in [5.41, 5.74) is 0.820. The Balaban J connectivity index is 1.49. The third kappa shape index (κ3) is 4.19. The van der Waals surface area contributed by atoms with E-state index in [2.05, 4.69) is 34.3 Å². The highest BCUT2D eigenvalue weighted by Gasteiger charge is 2.40. The van der Waals surface area contributed by atoms with Gasteiger partial charge in [-0.25, -0.2) is 4.39 Å². The first kappa shape index (κ1) is 16.6. The van der Waals surface area contributed by atoms with Gasteiger partial charge in [-0.3, -0.25) is 4.99 Å². The van der Waals surface area contributed by atoms with Gasteiger partial charge in [0.1, 0.15) is 5.82 Å². The molecule has 0 aliphatic heterocycles. The fourth-order valence-corrected chi connectivity index (χ4v) is 4.61. The molecule has 0 radical (unpaired) electrons. The number of guanidine groups is 1. The van der Waals surface area contributed by atoms with Crippen LogP contribution in [0.5, 0.6) is 0 Å². The summed E-state index contributed by atoms with van der Waals surface area (Å²) in [4.78, 5) is 4.35. The Morgan fingerprint density at radius 1 is 1.26 bits per heavy atom. The number of benzene rings is 1. The Kier molecular flexibility index (Phi) is 5.46. The van der Waals surface area contributed by atoms with Crippen LogP contribution in [0.4, 0.5) is 4.39 Å². The summed E-state index contributed by atoms with van der Waals surface area (Å²) < 4.78 is 13.8. The van der Waals surface area contributed by atoms with E-state index in [1.807, 2.05) is 19.2 Å². The lowest BCUT2D eigenvalue weighted by Crippen LogP contribution is -2.43. The second-order valence-corrected chi connectivity index (χ2v) is 8.00. The molecule has 0 heterocycles. The van der Waals surface area contributed by atoms with E-state index in [-0.39, 0.29) is 11.7 Å². The molecule has 5 heteroatoms. The highest BCUT2D eigenvalue weighted by Crippen LogP contribution is 2.41. The van der Waals surface area contributed by atoms with E-state index in [1.165, 1.54) is 25.0 Å². The maximum atomic E-state index is 13.8. The van der Waals surface area contributed by atoms with Crippen LogP contribution in [0, 0.1) is 5.82 Å². The first-order chi connectivity index (χ1) is 11.2. The summed E-state index contributed by atoms with van der Waals surface area (Å²) in [7, 11) is 1.81. The Morgan fingerprint density at radius 2 is 2.09 bits per heavy atom. The molecule has 1 aromatic rings. The van der Waals surface area contributed by atoms with E-state index in [0.29, 0.717) is 12.1 Å². The number of nitrogens with zero attached hydrogens (tertiary/aromatic N) is 1. The van der Waals surface area contributed by atoms with Crippen LogP contribution in [-0.2, 0) is 0 Å². The fourth-order valence-electron chi connectivity index (χ4n) is 3.47. The van der Waals surface area contributed by atoms with Crippen LogP contribution in [0.1, 0.15) is 44.1 Å². The van der Waals surface area contributed by atoms with Crippen molar-refractivity contribution in [3.8, 4) is 0 Å². The molecule has 3 rings (SSSR count). The highest BCUT2D eigenvalue weighted by atomic mass is 32.2. The molecule has 0 bridgehead atoms. The number of thioether (sulfide) groups is 1. The standard InChI is InChI=1S/C18H26FN3S/c1-3-23-13-9-8-12(10-13)21-18(20-2)22-17-11-15(17)14-6-4-5-7-16(14)19/h4-7,12-13,15,17H,3,8-11H2,1-2H3,(H2,20,21,22). The largest absolute Gasteiger partial charge is 0.354 e. The molecule has 1 aromatic carbocycles. The highest BCUT2D eigenvalue weighted by molar-refractivity contribution is 7.99. The molecule has 2 fully saturated rings. The molecule has 2 N–H and O–H groups in total. The van der Waals surface area contributed by atoms with Gasteiger partial charge in [-0.15, -0.1) is 0 Å². The van der Waals surface area contributed by atoms with Crippen molar-refractivity contribution in [3.05, 3.63) is 35.6 Å². The van der Waals surface area contributed by atoms with Crippen molar-refractivity contribution in [2.45, 2.75) is 55.9 Å². The molecule has 0 amide bonds. The normalized spacial score (nSPS) is 30.3. The molecule has 0 aromatic heterocycles. The van der Waals surface area contributed by atoms with Crippen molar-refractivity contribution >= 4 is 17.7 Å². The van der Waals surface area contributed by atoms with Crippen LogP contribution in [0.2, 0.25) is 0 Å². The first-order valence-electron chi connectivity index (χ1n) is 8.57. The molecule has 4 atom stereocenters. The van der Waals surface area contributed by atoms with Crippen LogP contribution >= 0.6 is 11.8 Å². The van der Waals surface area contributed by atoms with E-state index in [0.717, 1.165) is 23.2 Å². The number of hydrogen-bond acceptors (Lipinski definition) is 2. The first-order valence-corrected chi connectivity index (χ1v) is 9.62. The van der Waals surface area contributed by atoms with Gasteiger partial charge >= 0.3 is 0 Å². The molecule has 0 spiro atoms. The fraction of sp³-hybridized carbons (Fsp3) is 0.611. The number of aliphatic imine (C=N–C) groups is 1. The number of hydrogen-bond donors (Lipinski definition) is 2. The van der Waals surface area contributed by atoms with Crippen molar-refractivity contribution < 1.29 is 4.39 Å². The van der Waals surface area contributed by atoms with Gasteiger partial charge in [-0.1, -0.05) is 25.1 Å². The zero-order chi connectivity index (χ0) is 16.2. The van der Waals surface area contributed by atoms with Gasteiger partial charge in [0, 0.05) is 30.3 Å². The Bertz CT molecular complexity index is 563. The summed E-state index contributed by atoms with van der Waals surface area (Å²) in [6.07, 6.45) is 4.68. The molecule has 0 saturated heterocycles. The van der Waals surface area contributed by atoms with E-state index < -0.39 is 0 Å². The number of halogens is 1. The Labute approximate surface area is 142 Å². The van der Waals surface area contributed by atoms with Gasteiger partial charge in [-0.05, 0) is 43.1 Å². The molecule has 3 nitrogen and oxygen atoms in total. The Morgan fingerprint density at radius 3 is 2.83 bits per heavy atom. The summed E-state index contributed by atoms with van der Waals surface area (Å²) >= 11 is 2.06. The predicted octanol–water partition coefficient (Wildman–Crippen LogP) is 3.52. The minimum Gasteiger partial charge on any atom is -0.354 e. The van der Waals surface area contributed by atoms with Crippen LogP contribution in [0.15, 0.2) is 29.3 Å². The summed E-state index contributed by atoms with van der Waals surface area (Å²) in [6.45, 7) is 2.22. The lowest BCUT2D eigenvalue weighted by Gasteiger charge is -2.17. The van der Waals surface area contributed by atoms with Crippen molar-refractivity contribution in [1.29, 1.82) is 0 Å². The van der Waals surface area contributed by atoms with E-state index in [1.54, 1.807) is 12.1 Å². The maximum Gasteiger partial charge on any atom is 0.191 e. The molecule has 2 aliphatic rings. The second-order valence-electron chi connectivity index (χ2n) is 6.42. The van der Waals surface area contributed by atoms with E-state index >= 15 is 0 Å². The maximum absolute atomic E-state index is 13.8. The third-order valence-electron chi connectivity index (χ3n) is 4.77. The van der Waals surface area contributed by atoms with E-state index in [4.69, 9.17) is 0 Å². The predicted molar refractivity (Wildman–Crippen MR) is 96.7 cm³/mol. The number of nitrogens with one attached hydrogen (secondary N) is 2. The van der Waals surface area contributed by atoms with Crippen molar-refractivity contribution in [2.75, 3.05) is 12.8 Å². The van der Waals surface area contributed by atoms with Crippen LogP contribution in [0.25, 0.3) is 0 Å². The molecule has 4 unspecified atom stereocenters. The van der Waals surface area contributed by atoms with Gasteiger partial charge in [-0.2, -0.15) is 11.8 Å². The number of rotatable bonds is 5. The van der Waals surface area contributed by atoms with Crippen molar-refractivity contribution in [2.24, 2.45) is 4.99 Å². The average Bonchev–Trinajstić information content (AvgIpc) is 3.17. The zero-order valence-corrected chi connectivity index (χ0v) is 14.7. The topological polar surface area (TPSA) is 36.4 Å². The molecule has 23 heavy (non-hydrogen) atoms. The summed E-state index contributed by atoms with van der Waals surface area (Å²) in [5, 5.41) is 7.78. The van der Waals surface area contributed by atoms with Crippen molar-refractivity contribution in [1.82, 2.24) is 10.6 Å². The lowest BCUT2D eigenvalue weighted by molar-refractivity contribution is 0.602.